The van der Waals surface area contributed by atoms with Crippen molar-refractivity contribution < 1.29 is 9.53 Å². The highest BCUT2D eigenvalue weighted by Gasteiger charge is 2.22. The monoisotopic (exact) mass is 505 g/mol. The maximum atomic E-state index is 13.0. The quantitative estimate of drug-likeness (QED) is 0.224. The Kier molecular flexibility index (Phi) is 6.56. The molecule has 1 unspecified atom stereocenters. The van der Waals surface area contributed by atoms with Gasteiger partial charge in [0.2, 0.25) is 0 Å². The Hall–Kier alpha value is -3.12. The predicted molar refractivity (Wildman–Crippen MR) is 137 cm³/mol. The molecule has 2 aromatic heterocycles. The van der Waals surface area contributed by atoms with Crippen LogP contribution in [0.5, 0.6) is 5.75 Å². The van der Waals surface area contributed by atoms with E-state index in [0.29, 0.717) is 12.2 Å². The van der Waals surface area contributed by atoms with E-state index in [1.54, 1.807) is 0 Å². The molecule has 2 heterocycles. The molecule has 0 amide bonds. The van der Waals surface area contributed by atoms with Crippen molar-refractivity contribution in [2.24, 2.45) is 0 Å². The molecular formula is C27H28BrN3O2. The summed E-state index contributed by atoms with van der Waals surface area (Å²) in [5, 5.41) is 3.58. The molecule has 0 saturated carbocycles. The lowest BCUT2D eigenvalue weighted by Gasteiger charge is -2.22. The number of carbonyl (C=O) groups is 1. The Balaban J connectivity index is 1.69. The average Bonchev–Trinajstić information content (AvgIpc) is 3.11. The minimum absolute atomic E-state index is 0.166. The fourth-order valence-electron chi connectivity index (χ4n) is 3.81. The summed E-state index contributed by atoms with van der Waals surface area (Å²) >= 11 is 3.56. The van der Waals surface area contributed by atoms with E-state index in [1.165, 1.54) is 0 Å². The van der Waals surface area contributed by atoms with Gasteiger partial charge in [-0.25, -0.2) is 4.98 Å². The third kappa shape index (κ3) is 5.28. The van der Waals surface area contributed by atoms with Gasteiger partial charge in [0, 0.05) is 21.8 Å². The number of hydrogen-bond donors (Lipinski definition) is 1. The smallest absolute Gasteiger partial charge is 0.318 e. The van der Waals surface area contributed by atoms with Crippen LogP contribution in [0, 0.1) is 0 Å². The lowest BCUT2D eigenvalue weighted by Crippen LogP contribution is -2.27. The molecule has 0 aliphatic heterocycles. The molecule has 1 atom stereocenters. The molecule has 0 spiro atoms. The highest BCUT2D eigenvalue weighted by atomic mass is 79.9. The standard InChI is InChI=1S/C27H28BrN3O2/c1-5-22(18-10-7-6-8-11-18)26(32)33-21-13-9-12-19(16-21)24-25(30-27(2,3)4)31-17-20(28)14-15-23(31)29-24/h6-17,22,30H,5H2,1-4H3. The van der Waals surface area contributed by atoms with Crippen LogP contribution in [0.1, 0.15) is 45.6 Å². The topological polar surface area (TPSA) is 55.6 Å². The Morgan fingerprint density at radius 3 is 2.55 bits per heavy atom. The van der Waals surface area contributed by atoms with Gasteiger partial charge in [0.05, 0.1) is 5.92 Å². The number of anilines is 1. The van der Waals surface area contributed by atoms with Gasteiger partial charge in [-0.1, -0.05) is 49.4 Å². The van der Waals surface area contributed by atoms with Crippen LogP contribution in [0.4, 0.5) is 5.82 Å². The van der Waals surface area contributed by atoms with Gasteiger partial charge in [-0.2, -0.15) is 0 Å². The fourth-order valence-corrected chi connectivity index (χ4v) is 4.15. The van der Waals surface area contributed by atoms with Crippen LogP contribution in [-0.4, -0.2) is 20.9 Å². The number of nitrogens with zero attached hydrogens (tertiary/aromatic N) is 2. The van der Waals surface area contributed by atoms with Crippen molar-refractivity contribution in [1.82, 2.24) is 9.38 Å². The molecule has 0 bridgehead atoms. The number of pyridine rings is 1. The van der Waals surface area contributed by atoms with Crippen LogP contribution >= 0.6 is 15.9 Å². The van der Waals surface area contributed by atoms with Gasteiger partial charge in [0.25, 0.3) is 0 Å². The lowest BCUT2D eigenvalue weighted by molar-refractivity contribution is -0.136. The van der Waals surface area contributed by atoms with Crippen molar-refractivity contribution >= 4 is 33.4 Å². The lowest BCUT2D eigenvalue weighted by atomic mass is 9.97. The molecular weight excluding hydrogens is 478 g/mol. The van der Waals surface area contributed by atoms with Gasteiger partial charge in [-0.3, -0.25) is 9.20 Å². The first-order chi connectivity index (χ1) is 15.7. The zero-order valence-corrected chi connectivity index (χ0v) is 20.9. The molecule has 0 fully saturated rings. The fraction of sp³-hybridized carbons (Fsp3) is 0.259. The van der Waals surface area contributed by atoms with Crippen LogP contribution in [0.15, 0.2) is 77.4 Å². The molecule has 4 rings (SSSR count). The summed E-state index contributed by atoms with van der Waals surface area (Å²) in [6, 6.07) is 21.3. The maximum Gasteiger partial charge on any atom is 0.318 e. The molecule has 6 heteroatoms. The van der Waals surface area contributed by atoms with Gasteiger partial charge >= 0.3 is 5.97 Å². The molecule has 5 nitrogen and oxygen atoms in total. The highest BCUT2D eigenvalue weighted by Crippen LogP contribution is 2.34. The minimum Gasteiger partial charge on any atom is -0.426 e. The number of hydrogen-bond acceptors (Lipinski definition) is 4. The van der Waals surface area contributed by atoms with Gasteiger partial charge in [0.1, 0.15) is 22.9 Å². The van der Waals surface area contributed by atoms with E-state index in [2.05, 4.69) is 42.0 Å². The van der Waals surface area contributed by atoms with E-state index in [0.717, 1.165) is 32.8 Å². The molecule has 0 aliphatic carbocycles. The molecule has 4 aromatic rings. The molecule has 33 heavy (non-hydrogen) atoms. The van der Waals surface area contributed by atoms with Gasteiger partial charge in [-0.15, -0.1) is 0 Å². The van der Waals surface area contributed by atoms with Crippen LogP contribution in [0.2, 0.25) is 0 Å². The molecule has 0 radical (unpaired) electrons. The van der Waals surface area contributed by atoms with Crippen molar-refractivity contribution in [2.75, 3.05) is 5.32 Å². The first-order valence-electron chi connectivity index (χ1n) is 11.1. The number of rotatable bonds is 6. The Morgan fingerprint density at radius 2 is 1.85 bits per heavy atom. The Morgan fingerprint density at radius 1 is 1.09 bits per heavy atom. The van der Waals surface area contributed by atoms with Crippen molar-refractivity contribution in [2.45, 2.75) is 45.6 Å². The zero-order valence-electron chi connectivity index (χ0n) is 19.3. The summed E-state index contributed by atoms with van der Waals surface area (Å²) in [5.74, 6) is 0.832. The summed E-state index contributed by atoms with van der Waals surface area (Å²) in [6.45, 7) is 8.33. The predicted octanol–water partition coefficient (Wildman–Crippen LogP) is 7.07. The Bertz CT molecular complexity index is 1280. The van der Waals surface area contributed by atoms with E-state index < -0.39 is 0 Å². The average molecular weight is 506 g/mol. The summed E-state index contributed by atoms with van der Waals surface area (Å²) in [7, 11) is 0. The van der Waals surface area contributed by atoms with E-state index >= 15 is 0 Å². The summed E-state index contributed by atoms with van der Waals surface area (Å²) in [6.07, 6.45) is 2.67. The zero-order chi connectivity index (χ0) is 23.6. The number of nitrogens with one attached hydrogen (secondary N) is 1. The minimum atomic E-state index is -0.305. The number of aromatic nitrogens is 2. The maximum absolute atomic E-state index is 13.0. The van der Waals surface area contributed by atoms with Gasteiger partial charge < -0.3 is 10.1 Å². The van der Waals surface area contributed by atoms with Crippen molar-refractivity contribution in [1.29, 1.82) is 0 Å². The van der Waals surface area contributed by atoms with E-state index in [9.17, 15) is 4.79 Å². The molecule has 0 saturated heterocycles. The molecule has 1 N–H and O–H groups in total. The first-order valence-corrected chi connectivity index (χ1v) is 11.9. The number of benzene rings is 2. The van der Waals surface area contributed by atoms with E-state index in [1.807, 2.05) is 84.3 Å². The second-order valence-electron chi connectivity index (χ2n) is 9.08. The molecule has 2 aromatic carbocycles. The summed E-state index contributed by atoms with van der Waals surface area (Å²) in [5.41, 5.74) is 3.30. The Labute approximate surface area is 202 Å². The number of imidazole rings is 1. The van der Waals surface area contributed by atoms with Crippen LogP contribution < -0.4 is 10.1 Å². The summed E-state index contributed by atoms with van der Waals surface area (Å²) < 4.78 is 8.81. The number of carbonyl (C=O) groups excluding carboxylic acids is 1. The molecule has 170 valence electrons. The number of ether oxygens (including phenoxy) is 1. The summed E-state index contributed by atoms with van der Waals surface area (Å²) in [4.78, 5) is 17.8. The van der Waals surface area contributed by atoms with Gasteiger partial charge in [-0.05, 0) is 73.0 Å². The van der Waals surface area contributed by atoms with Crippen LogP contribution in [-0.2, 0) is 4.79 Å². The van der Waals surface area contributed by atoms with E-state index in [4.69, 9.17) is 9.72 Å². The second-order valence-corrected chi connectivity index (χ2v) is 10.00. The van der Waals surface area contributed by atoms with Crippen molar-refractivity contribution in [3.05, 3.63) is 83.0 Å². The third-order valence-electron chi connectivity index (χ3n) is 5.30. The van der Waals surface area contributed by atoms with Crippen molar-refractivity contribution in [3.8, 4) is 17.0 Å². The third-order valence-corrected chi connectivity index (χ3v) is 5.77. The number of halogens is 1. The largest absolute Gasteiger partial charge is 0.426 e. The SMILES string of the molecule is CCC(C(=O)Oc1cccc(-c2nc3ccc(Br)cn3c2NC(C)(C)C)c1)c1ccccc1. The molecule has 0 aliphatic rings. The first kappa shape index (κ1) is 23.1. The van der Waals surface area contributed by atoms with E-state index in [-0.39, 0.29) is 17.4 Å². The number of esters is 1. The van der Waals surface area contributed by atoms with Gasteiger partial charge in [0.15, 0.2) is 0 Å². The highest BCUT2D eigenvalue weighted by molar-refractivity contribution is 9.10. The second kappa shape index (κ2) is 9.40. The van der Waals surface area contributed by atoms with Crippen LogP contribution in [0.25, 0.3) is 16.9 Å². The van der Waals surface area contributed by atoms with Crippen LogP contribution in [0.3, 0.4) is 0 Å². The normalized spacial score (nSPS) is 12.5. The van der Waals surface area contributed by atoms with Crippen molar-refractivity contribution in [3.63, 3.8) is 0 Å². The number of fused-ring (bicyclic) bond motifs is 1.